The van der Waals surface area contributed by atoms with E-state index in [2.05, 4.69) is 6.26 Å². The summed E-state index contributed by atoms with van der Waals surface area (Å²) in [5, 5.41) is 0. The fourth-order valence-electron chi connectivity index (χ4n) is 2.37. The van der Waals surface area contributed by atoms with Crippen LogP contribution in [0.2, 0.25) is 0 Å². The molecule has 1 saturated carbocycles. The largest absolute Gasteiger partial charge is 0.492 e. The maximum absolute atomic E-state index is 12.3. The van der Waals surface area contributed by atoms with E-state index in [-0.39, 0.29) is 11.7 Å². The summed E-state index contributed by atoms with van der Waals surface area (Å²) in [5.74, 6) is 2.32. The number of hydrogen-bond acceptors (Lipinski definition) is 5. The number of carbonyl (C=O) groups is 1. The van der Waals surface area contributed by atoms with E-state index in [9.17, 15) is 4.79 Å². The fourth-order valence-corrected chi connectivity index (χ4v) is 2.78. The third-order valence-corrected chi connectivity index (χ3v) is 4.53. The summed E-state index contributed by atoms with van der Waals surface area (Å²) >= 11 is 1.82. The Labute approximate surface area is 142 Å². The van der Waals surface area contributed by atoms with Gasteiger partial charge in [0.25, 0.3) is 0 Å². The first-order valence-corrected chi connectivity index (χ1v) is 9.57. The molecule has 1 aromatic rings. The van der Waals surface area contributed by atoms with Crippen molar-refractivity contribution in [3.05, 3.63) is 29.7 Å². The van der Waals surface area contributed by atoms with Crippen molar-refractivity contribution in [2.75, 3.05) is 18.6 Å². The molecule has 0 spiro atoms. The molecule has 0 aliphatic heterocycles. The van der Waals surface area contributed by atoms with Gasteiger partial charge in [-0.1, -0.05) is 13.8 Å². The molecule has 2 N–H and O–H groups in total. The van der Waals surface area contributed by atoms with Crippen molar-refractivity contribution in [1.82, 2.24) is 4.98 Å². The molecule has 2 rings (SSSR count). The van der Waals surface area contributed by atoms with Gasteiger partial charge in [0.05, 0.1) is 23.6 Å². The van der Waals surface area contributed by atoms with Gasteiger partial charge in [-0.3, -0.25) is 4.79 Å². The van der Waals surface area contributed by atoms with Crippen molar-refractivity contribution in [2.24, 2.45) is 11.7 Å². The summed E-state index contributed by atoms with van der Waals surface area (Å²) < 4.78 is 5.91. The second-order valence-corrected chi connectivity index (χ2v) is 7.13. The second kappa shape index (κ2) is 8.39. The third kappa shape index (κ3) is 4.74. The second-order valence-electron chi connectivity index (χ2n) is 6.15. The Bertz CT molecular complexity index is 580. The van der Waals surface area contributed by atoms with Gasteiger partial charge in [0.1, 0.15) is 5.75 Å². The number of rotatable bonds is 9. The summed E-state index contributed by atoms with van der Waals surface area (Å²) in [5.41, 5.74) is 7.81. The Morgan fingerprint density at radius 3 is 2.78 bits per heavy atom. The van der Waals surface area contributed by atoms with Crippen LogP contribution in [0.5, 0.6) is 5.75 Å². The Morgan fingerprint density at radius 1 is 1.48 bits per heavy atom. The molecule has 1 aliphatic rings. The quantitative estimate of drug-likeness (QED) is 0.552. The molecule has 0 aromatic carbocycles. The lowest BCUT2D eigenvalue weighted by molar-refractivity contribution is -0.116. The molecule has 0 unspecified atom stereocenters. The first kappa shape index (κ1) is 17.9. The van der Waals surface area contributed by atoms with Gasteiger partial charge >= 0.3 is 0 Å². The topological polar surface area (TPSA) is 65.2 Å². The molecule has 0 radical (unpaired) electrons. The molecule has 5 heteroatoms. The van der Waals surface area contributed by atoms with Gasteiger partial charge in [0, 0.05) is 18.0 Å². The summed E-state index contributed by atoms with van der Waals surface area (Å²) in [4.78, 5) is 17.0. The van der Waals surface area contributed by atoms with Crippen molar-refractivity contribution in [1.29, 1.82) is 0 Å². The number of allylic oxidation sites excluding steroid dienone is 1. The van der Waals surface area contributed by atoms with Gasteiger partial charge in [-0.15, -0.1) is 0 Å². The van der Waals surface area contributed by atoms with Crippen LogP contribution in [-0.4, -0.2) is 29.4 Å². The molecule has 0 saturated heterocycles. The predicted molar refractivity (Wildman–Crippen MR) is 96.7 cm³/mol. The van der Waals surface area contributed by atoms with Crippen molar-refractivity contribution in [3.63, 3.8) is 0 Å². The normalized spacial score (nSPS) is 15.0. The smallest absolute Gasteiger partial charge is 0.169 e. The minimum absolute atomic E-state index is 0.0235. The van der Waals surface area contributed by atoms with E-state index in [1.165, 1.54) is 6.20 Å². The summed E-state index contributed by atoms with van der Waals surface area (Å²) in [6.45, 7) is 4.44. The average molecular weight is 334 g/mol. The maximum Gasteiger partial charge on any atom is 0.169 e. The number of nitrogens with two attached hydrogens (primary N) is 1. The number of nitrogens with zero attached hydrogens (tertiary/aromatic N) is 1. The number of Topliss-reactive ketones (excluding diaryl/α,β-unsaturated/α-hetero) is 1. The first-order chi connectivity index (χ1) is 11.1. The van der Waals surface area contributed by atoms with E-state index in [1.807, 2.05) is 37.7 Å². The van der Waals surface area contributed by atoms with Crippen LogP contribution >= 0.6 is 11.8 Å². The zero-order valence-corrected chi connectivity index (χ0v) is 15.0. The maximum atomic E-state index is 12.3. The molecule has 0 atom stereocenters. The van der Waals surface area contributed by atoms with Gasteiger partial charge in [-0.05, 0) is 43.4 Å². The number of aromatic nitrogens is 1. The van der Waals surface area contributed by atoms with Crippen molar-refractivity contribution in [2.45, 2.75) is 39.0 Å². The molecule has 126 valence electrons. The molecule has 0 amide bonds. The number of ketones is 1. The summed E-state index contributed by atoms with van der Waals surface area (Å²) in [7, 11) is 0. The van der Waals surface area contributed by atoms with E-state index in [4.69, 9.17) is 15.5 Å². The highest BCUT2D eigenvalue weighted by atomic mass is 32.2. The summed E-state index contributed by atoms with van der Waals surface area (Å²) in [6, 6.07) is 3.78. The highest BCUT2D eigenvalue weighted by Gasteiger charge is 2.29. The standard InChI is InChI=1S/C18H26N2O2S/c1-12(2)18(21)14(11-19)15-7-8-16(22-9-4-10-23-3)17(20-15)13-5-6-13/h7-8,11-13H,4-6,9-10,19H2,1-3H3. The Hall–Kier alpha value is -1.49. The number of ether oxygens (including phenoxy) is 1. The molecular formula is C18H26N2O2S. The van der Waals surface area contributed by atoms with Crippen LogP contribution < -0.4 is 10.5 Å². The number of pyridine rings is 1. The van der Waals surface area contributed by atoms with Gasteiger partial charge in [0.2, 0.25) is 0 Å². The van der Waals surface area contributed by atoms with E-state index in [0.717, 1.165) is 36.5 Å². The minimum Gasteiger partial charge on any atom is -0.492 e. The van der Waals surface area contributed by atoms with E-state index < -0.39 is 0 Å². The molecule has 4 nitrogen and oxygen atoms in total. The monoisotopic (exact) mass is 334 g/mol. The average Bonchev–Trinajstić information content (AvgIpc) is 3.37. The molecule has 1 fully saturated rings. The SMILES string of the molecule is CSCCCOc1ccc(C(=CN)C(=O)C(C)C)nc1C1CC1. The lowest BCUT2D eigenvalue weighted by Crippen LogP contribution is -2.13. The third-order valence-electron chi connectivity index (χ3n) is 3.83. The zero-order valence-electron chi connectivity index (χ0n) is 14.2. The zero-order chi connectivity index (χ0) is 16.8. The molecule has 1 heterocycles. The summed E-state index contributed by atoms with van der Waals surface area (Å²) in [6.07, 6.45) is 6.76. The van der Waals surface area contributed by atoms with Crippen molar-refractivity contribution < 1.29 is 9.53 Å². The van der Waals surface area contributed by atoms with Gasteiger partial charge in [-0.2, -0.15) is 11.8 Å². The molecule has 23 heavy (non-hydrogen) atoms. The number of carbonyl (C=O) groups excluding carboxylic acids is 1. The molecule has 0 bridgehead atoms. The number of thioether (sulfide) groups is 1. The Kier molecular flexibility index (Phi) is 6.51. The van der Waals surface area contributed by atoms with Crippen LogP contribution in [0.4, 0.5) is 0 Å². The van der Waals surface area contributed by atoms with Crippen molar-refractivity contribution >= 4 is 23.1 Å². The fraction of sp³-hybridized carbons (Fsp3) is 0.556. The van der Waals surface area contributed by atoms with Crippen LogP contribution in [0.3, 0.4) is 0 Å². The van der Waals surface area contributed by atoms with Gasteiger partial charge in [0.15, 0.2) is 5.78 Å². The van der Waals surface area contributed by atoms with E-state index in [0.29, 0.717) is 23.8 Å². The predicted octanol–water partition coefficient (Wildman–Crippen LogP) is 3.62. The molecule has 1 aromatic heterocycles. The van der Waals surface area contributed by atoms with Crippen LogP contribution in [0.1, 0.15) is 50.4 Å². The molecular weight excluding hydrogens is 308 g/mol. The molecule has 1 aliphatic carbocycles. The van der Waals surface area contributed by atoms with E-state index in [1.54, 1.807) is 0 Å². The van der Waals surface area contributed by atoms with Crippen molar-refractivity contribution in [3.8, 4) is 5.75 Å². The van der Waals surface area contributed by atoms with Crippen LogP contribution in [0, 0.1) is 5.92 Å². The Balaban J connectivity index is 2.20. The van der Waals surface area contributed by atoms with E-state index >= 15 is 0 Å². The first-order valence-electron chi connectivity index (χ1n) is 8.17. The van der Waals surface area contributed by atoms with Crippen LogP contribution in [0.15, 0.2) is 18.3 Å². The Morgan fingerprint density at radius 2 is 2.22 bits per heavy atom. The minimum atomic E-state index is -0.0987. The van der Waals surface area contributed by atoms with Crippen LogP contribution in [0.25, 0.3) is 5.57 Å². The van der Waals surface area contributed by atoms with Gasteiger partial charge < -0.3 is 10.5 Å². The van der Waals surface area contributed by atoms with Gasteiger partial charge in [-0.25, -0.2) is 4.98 Å². The number of hydrogen-bond donors (Lipinski definition) is 1. The lowest BCUT2D eigenvalue weighted by atomic mass is 9.98. The van der Waals surface area contributed by atoms with Crippen LogP contribution in [-0.2, 0) is 4.79 Å². The highest BCUT2D eigenvalue weighted by Crippen LogP contribution is 2.43. The highest BCUT2D eigenvalue weighted by molar-refractivity contribution is 7.98. The lowest BCUT2D eigenvalue weighted by Gasteiger charge is -2.14.